The molecule has 0 aliphatic carbocycles. The molecule has 0 aliphatic heterocycles. The first kappa shape index (κ1) is 11.2. The molecule has 0 aromatic heterocycles. The fourth-order valence-corrected chi connectivity index (χ4v) is 1.39. The molecule has 5 heteroatoms. The second kappa shape index (κ2) is 4.58. The largest absolute Gasteiger partial charge is 0.495 e. The van der Waals surface area contributed by atoms with Crippen LogP contribution in [0.25, 0.3) is 0 Å². The maximum atomic E-state index is 11.1. The molecule has 0 amide bonds. The van der Waals surface area contributed by atoms with E-state index in [1.54, 1.807) is 6.07 Å². The van der Waals surface area contributed by atoms with E-state index in [0.29, 0.717) is 6.29 Å². The Morgan fingerprint density at radius 2 is 2.27 bits per heavy atom. The van der Waals surface area contributed by atoms with Gasteiger partial charge in [0.25, 0.3) is 5.24 Å². The van der Waals surface area contributed by atoms with E-state index in [0.717, 1.165) is 0 Å². The van der Waals surface area contributed by atoms with Crippen LogP contribution in [0.15, 0.2) is 12.1 Å². The summed E-state index contributed by atoms with van der Waals surface area (Å²) in [6.07, 6.45) is 0.531. The third-order valence-electron chi connectivity index (χ3n) is 1.84. The zero-order valence-corrected chi connectivity index (χ0v) is 8.54. The minimum atomic E-state index is -0.827. The summed E-state index contributed by atoms with van der Waals surface area (Å²) in [5, 5.41) is 7.92. The van der Waals surface area contributed by atoms with Crippen molar-refractivity contribution in [3.8, 4) is 11.8 Å². The summed E-state index contributed by atoms with van der Waals surface area (Å²) in [4.78, 5) is 21.7. The molecule has 1 aromatic rings. The van der Waals surface area contributed by atoms with Gasteiger partial charge >= 0.3 is 0 Å². The molecule has 4 nitrogen and oxygen atoms in total. The molecule has 0 N–H and O–H groups in total. The predicted octanol–water partition coefficient (Wildman–Crippen LogP) is 1.76. The van der Waals surface area contributed by atoms with Crippen LogP contribution >= 0.6 is 11.6 Å². The van der Waals surface area contributed by atoms with E-state index in [1.165, 1.54) is 19.2 Å². The summed E-state index contributed by atoms with van der Waals surface area (Å²) in [5.74, 6) is 0.0315. The maximum absolute atomic E-state index is 11.1. The third-order valence-corrected chi connectivity index (χ3v) is 2.03. The summed E-state index contributed by atoms with van der Waals surface area (Å²) >= 11 is 5.31. The number of carbonyl (C=O) groups is 2. The lowest BCUT2D eigenvalue weighted by Gasteiger charge is -2.08. The fourth-order valence-electron chi connectivity index (χ4n) is 1.20. The van der Waals surface area contributed by atoms with Crippen molar-refractivity contribution in [1.82, 2.24) is 0 Å². The van der Waals surface area contributed by atoms with Crippen LogP contribution in [0.4, 0.5) is 0 Å². The second-order valence-corrected chi connectivity index (χ2v) is 2.96. The lowest BCUT2D eigenvalue weighted by molar-refractivity contribution is 0.107. The lowest BCUT2D eigenvalue weighted by atomic mass is 10.0. The number of aldehydes is 1. The summed E-state index contributed by atoms with van der Waals surface area (Å²) in [6.45, 7) is 0. The Labute approximate surface area is 91.0 Å². The van der Waals surface area contributed by atoms with E-state index in [9.17, 15) is 9.59 Å². The van der Waals surface area contributed by atoms with Gasteiger partial charge in [-0.15, -0.1) is 0 Å². The van der Waals surface area contributed by atoms with Crippen molar-refractivity contribution in [2.75, 3.05) is 7.11 Å². The molecule has 0 bridgehead atoms. The van der Waals surface area contributed by atoms with E-state index in [1.807, 2.05) is 0 Å². The smallest absolute Gasteiger partial charge is 0.257 e. The molecular weight excluding hydrogens is 218 g/mol. The van der Waals surface area contributed by atoms with Crippen LogP contribution in [0.5, 0.6) is 5.75 Å². The number of nitriles is 1. The van der Waals surface area contributed by atoms with Gasteiger partial charge in [0, 0.05) is 0 Å². The highest BCUT2D eigenvalue weighted by Gasteiger charge is 2.18. The van der Waals surface area contributed by atoms with Gasteiger partial charge in [-0.2, -0.15) is 5.26 Å². The van der Waals surface area contributed by atoms with Crippen molar-refractivity contribution < 1.29 is 14.3 Å². The molecule has 0 heterocycles. The van der Waals surface area contributed by atoms with Gasteiger partial charge in [0.2, 0.25) is 0 Å². The Hall–Kier alpha value is -1.86. The lowest BCUT2D eigenvalue weighted by Crippen LogP contribution is -2.02. The fraction of sp³-hybridized carbons (Fsp3) is 0.100. The predicted molar refractivity (Wildman–Crippen MR) is 53.3 cm³/mol. The Bertz CT molecular complexity index is 462. The molecule has 0 saturated carbocycles. The Morgan fingerprint density at radius 3 is 2.67 bits per heavy atom. The summed E-state index contributed by atoms with van der Waals surface area (Å²) < 4.78 is 4.88. The van der Waals surface area contributed by atoms with Crippen LogP contribution < -0.4 is 4.74 Å². The topological polar surface area (TPSA) is 67.2 Å². The number of methoxy groups -OCH3 is 1. The number of halogens is 1. The van der Waals surface area contributed by atoms with E-state index >= 15 is 0 Å². The molecule has 1 aromatic carbocycles. The number of hydrogen-bond donors (Lipinski definition) is 0. The summed E-state index contributed by atoms with van der Waals surface area (Å²) in [7, 11) is 1.30. The van der Waals surface area contributed by atoms with Gasteiger partial charge in [-0.1, -0.05) is 0 Å². The number of ether oxygens (including phenoxy) is 1. The molecule has 0 radical (unpaired) electrons. The van der Waals surface area contributed by atoms with Gasteiger partial charge in [0.05, 0.1) is 23.8 Å². The second-order valence-electron chi connectivity index (χ2n) is 2.61. The SMILES string of the molecule is COc1c(C=O)ccc(C#N)c1C(=O)Cl. The van der Waals surface area contributed by atoms with Crippen LogP contribution in [0.2, 0.25) is 0 Å². The van der Waals surface area contributed by atoms with Crippen LogP contribution in [0, 0.1) is 11.3 Å². The average Bonchev–Trinajstić information content (AvgIpc) is 2.26. The average molecular weight is 224 g/mol. The minimum absolute atomic E-state index is 0.0315. The molecular formula is C10H6ClNO3. The van der Waals surface area contributed by atoms with Crippen LogP contribution in [0.1, 0.15) is 26.3 Å². The van der Waals surface area contributed by atoms with Gasteiger partial charge in [-0.3, -0.25) is 9.59 Å². The first-order valence-electron chi connectivity index (χ1n) is 3.91. The van der Waals surface area contributed by atoms with Crippen molar-refractivity contribution in [2.45, 2.75) is 0 Å². The standard InChI is InChI=1S/C10H6ClNO3/c1-15-9-7(5-13)3-2-6(4-12)8(9)10(11)14/h2-3,5H,1H3. The van der Waals surface area contributed by atoms with Gasteiger partial charge in [0.1, 0.15) is 11.8 Å². The zero-order chi connectivity index (χ0) is 11.4. The highest BCUT2D eigenvalue weighted by molar-refractivity contribution is 6.68. The summed E-state index contributed by atoms with van der Waals surface area (Å²) in [6, 6.07) is 4.55. The van der Waals surface area contributed by atoms with E-state index < -0.39 is 5.24 Å². The van der Waals surface area contributed by atoms with Gasteiger partial charge in [-0.05, 0) is 23.7 Å². The van der Waals surface area contributed by atoms with Crippen molar-refractivity contribution in [1.29, 1.82) is 5.26 Å². The molecule has 0 saturated heterocycles. The van der Waals surface area contributed by atoms with Gasteiger partial charge in [-0.25, -0.2) is 0 Å². The molecule has 1 rings (SSSR count). The third kappa shape index (κ3) is 1.97. The molecule has 0 atom stereocenters. The number of benzene rings is 1. The van der Waals surface area contributed by atoms with Crippen LogP contribution in [-0.4, -0.2) is 18.6 Å². The zero-order valence-electron chi connectivity index (χ0n) is 7.78. The molecule has 0 unspecified atom stereocenters. The maximum Gasteiger partial charge on any atom is 0.257 e. The van der Waals surface area contributed by atoms with E-state index in [-0.39, 0.29) is 22.4 Å². The number of rotatable bonds is 3. The Balaban J connectivity index is 3.60. The van der Waals surface area contributed by atoms with Crippen molar-refractivity contribution in [3.05, 3.63) is 28.8 Å². The Kier molecular flexibility index (Phi) is 3.42. The molecule has 15 heavy (non-hydrogen) atoms. The van der Waals surface area contributed by atoms with E-state index in [2.05, 4.69) is 0 Å². The van der Waals surface area contributed by atoms with Crippen molar-refractivity contribution >= 4 is 23.1 Å². The molecule has 0 aliphatic rings. The van der Waals surface area contributed by atoms with Gasteiger partial charge in [0.15, 0.2) is 6.29 Å². The van der Waals surface area contributed by atoms with Crippen molar-refractivity contribution in [2.24, 2.45) is 0 Å². The van der Waals surface area contributed by atoms with E-state index in [4.69, 9.17) is 21.6 Å². The number of hydrogen-bond acceptors (Lipinski definition) is 4. The highest BCUT2D eigenvalue weighted by atomic mass is 35.5. The molecule has 0 spiro atoms. The highest BCUT2D eigenvalue weighted by Crippen LogP contribution is 2.27. The Morgan fingerprint density at radius 1 is 1.60 bits per heavy atom. The monoisotopic (exact) mass is 223 g/mol. The molecule has 76 valence electrons. The van der Waals surface area contributed by atoms with Crippen LogP contribution in [0.3, 0.4) is 0 Å². The first-order chi connectivity index (χ1) is 7.15. The number of carbonyl (C=O) groups excluding carboxylic acids is 2. The number of nitrogens with zero attached hydrogens (tertiary/aromatic N) is 1. The van der Waals surface area contributed by atoms with Gasteiger partial charge < -0.3 is 4.74 Å². The first-order valence-corrected chi connectivity index (χ1v) is 4.29. The minimum Gasteiger partial charge on any atom is -0.495 e. The summed E-state index contributed by atoms with van der Waals surface area (Å²) in [5.41, 5.74) is 0.184. The van der Waals surface area contributed by atoms with Crippen LogP contribution in [-0.2, 0) is 0 Å². The quantitative estimate of drug-likeness (QED) is 0.578. The molecule has 0 fully saturated rings. The normalized spacial score (nSPS) is 9.13. The van der Waals surface area contributed by atoms with Crippen molar-refractivity contribution in [3.63, 3.8) is 0 Å².